The molecule has 0 unspecified atom stereocenters. The molecular weight excluding hydrogens is 383 g/mol. The number of aryl methyl sites for hydroxylation is 1. The maximum Gasteiger partial charge on any atom is 0.230 e. The van der Waals surface area contributed by atoms with E-state index in [-0.39, 0.29) is 17.5 Å². The molecule has 0 aliphatic carbocycles. The van der Waals surface area contributed by atoms with E-state index in [1.54, 1.807) is 12.1 Å². The summed E-state index contributed by atoms with van der Waals surface area (Å²) >= 11 is 2.77. The zero-order valence-electron chi connectivity index (χ0n) is 14.7. The van der Waals surface area contributed by atoms with Crippen molar-refractivity contribution in [1.82, 2.24) is 15.5 Å². The highest BCUT2D eigenvalue weighted by Gasteiger charge is 2.08. The summed E-state index contributed by atoms with van der Waals surface area (Å²) in [4.78, 5) is 11.9. The van der Waals surface area contributed by atoms with Crippen LogP contribution in [-0.4, -0.2) is 28.4 Å². The van der Waals surface area contributed by atoms with Crippen LogP contribution >= 0.6 is 23.1 Å². The molecule has 0 atom stereocenters. The molecule has 0 radical (unpaired) electrons. The van der Waals surface area contributed by atoms with Crippen molar-refractivity contribution in [1.29, 1.82) is 0 Å². The lowest BCUT2D eigenvalue weighted by molar-refractivity contribution is -0.118. The summed E-state index contributed by atoms with van der Waals surface area (Å²) in [6.45, 7) is 2.54. The zero-order valence-corrected chi connectivity index (χ0v) is 16.4. The predicted molar refractivity (Wildman–Crippen MR) is 108 cm³/mol. The Morgan fingerprint density at radius 1 is 1.19 bits per heavy atom. The van der Waals surface area contributed by atoms with Gasteiger partial charge in [-0.25, -0.2) is 4.39 Å². The minimum atomic E-state index is -0.257. The van der Waals surface area contributed by atoms with Crippen molar-refractivity contribution in [3.05, 3.63) is 65.5 Å². The number of hydrogen-bond acceptors (Lipinski definition) is 6. The first-order valence-corrected chi connectivity index (χ1v) is 10.2. The average molecular weight is 403 g/mol. The number of carbonyl (C=O) groups excluding carboxylic acids is 1. The molecule has 1 amide bonds. The van der Waals surface area contributed by atoms with E-state index in [0.717, 1.165) is 21.2 Å². The topological polar surface area (TPSA) is 66.9 Å². The fraction of sp³-hybridized carbons (Fsp3) is 0.211. The highest BCUT2D eigenvalue weighted by atomic mass is 32.2. The van der Waals surface area contributed by atoms with Gasteiger partial charge in [0.2, 0.25) is 11.0 Å². The third-order valence-electron chi connectivity index (χ3n) is 3.65. The number of anilines is 2. The van der Waals surface area contributed by atoms with Gasteiger partial charge >= 0.3 is 0 Å². The van der Waals surface area contributed by atoms with E-state index in [4.69, 9.17) is 0 Å². The Hall–Kier alpha value is -2.45. The van der Waals surface area contributed by atoms with Crippen LogP contribution < -0.4 is 10.6 Å². The number of rotatable bonds is 8. The largest absolute Gasteiger partial charge is 0.355 e. The molecule has 0 saturated heterocycles. The van der Waals surface area contributed by atoms with E-state index in [0.29, 0.717) is 18.1 Å². The second-order valence-corrected chi connectivity index (χ2v) is 8.08. The van der Waals surface area contributed by atoms with Gasteiger partial charge in [0, 0.05) is 12.2 Å². The lowest BCUT2D eigenvalue weighted by Crippen LogP contribution is -2.27. The Kier molecular flexibility index (Phi) is 6.78. The molecule has 140 valence electrons. The Morgan fingerprint density at radius 2 is 2.00 bits per heavy atom. The number of halogens is 1. The molecule has 0 fully saturated rings. The maximum absolute atomic E-state index is 12.9. The summed E-state index contributed by atoms with van der Waals surface area (Å²) in [6, 6.07) is 14.3. The van der Waals surface area contributed by atoms with Crippen molar-refractivity contribution in [2.75, 3.05) is 17.6 Å². The SMILES string of the molecule is Cc1cccc(Nc2nnc(SCC(=O)NCCc3ccc(F)cc3)s2)c1. The summed E-state index contributed by atoms with van der Waals surface area (Å²) in [5.74, 6) is -0.0410. The first-order valence-electron chi connectivity index (χ1n) is 8.39. The number of amides is 1. The molecule has 0 aliphatic rings. The molecule has 1 heterocycles. The van der Waals surface area contributed by atoms with Crippen molar-refractivity contribution in [2.24, 2.45) is 0 Å². The van der Waals surface area contributed by atoms with Crippen LogP contribution in [0.5, 0.6) is 0 Å². The number of hydrogen-bond donors (Lipinski definition) is 2. The number of thioether (sulfide) groups is 1. The molecule has 0 spiro atoms. The van der Waals surface area contributed by atoms with Crippen molar-refractivity contribution < 1.29 is 9.18 Å². The summed E-state index contributed by atoms with van der Waals surface area (Å²) in [6.07, 6.45) is 0.667. The maximum atomic E-state index is 12.9. The highest BCUT2D eigenvalue weighted by molar-refractivity contribution is 8.01. The second kappa shape index (κ2) is 9.48. The fourth-order valence-corrected chi connectivity index (χ4v) is 3.94. The molecule has 3 rings (SSSR count). The van der Waals surface area contributed by atoms with Gasteiger partial charge in [-0.05, 0) is 48.7 Å². The van der Waals surface area contributed by atoms with E-state index < -0.39 is 0 Å². The first-order chi connectivity index (χ1) is 13.1. The van der Waals surface area contributed by atoms with Gasteiger partial charge in [0.25, 0.3) is 0 Å². The molecule has 0 aliphatic heterocycles. The van der Waals surface area contributed by atoms with Gasteiger partial charge in [-0.15, -0.1) is 10.2 Å². The lowest BCUT2D eigenvalue weighted by atomic mass is 10.1. The van der Waals surface area contributed by atoms with Crippen molar-refractivity contribution >= 4 is 39.8 Å². The minimum absolute atomic E-state index is 0.0643. The van der Waals surface area contributed by atoms with Crippen LogP contribution in [0.3, 0.4) is 0 Å². The minimum Gasteiger partial charge on any atom is -0.355 e. The van der Waals surface area contributed by atoms with Crippen molar-refractivity contribution in [3.8, 4) is 0 Å². The Labute approximate surface area is 165 Å². The molecule has 0 saturated carbocycles. The van der Waals surface area contributed by atoms with Gasteiger partial charge in [-0.3, -0.25) is 4.79 Å². The molecule has 1 aromatic heterocycles. The number of nitrogens with one attached hydrogen (secondary N) is 2. The van der Waals surface area contributed by atoms with E-state index >= 15 is 0 Å². The highest BCUT2D eigenvalue weighted by Crippen LogP contribution is 2.27. The molecule has 5 nitrogen and oxygen atoms in total. The molecule has 8 heteroatoms. The molecule has 3 aromatic rings. The van der Waals surface area contributed by atoms with Crippen molar-refractivity contribution in [2.45, 2.75) is 17.7 Å². The second-order valence-electron chi connectivity index (χ2n) is 5.88. The van der Waals surface area contributed by atoms with Gasteiger partial charge in [0.15, 0.2) is 4.34 Å². The normalized spacial score (nSPS) is 10.6. The summed E-state index contributed by atoms with van der Waals surface area (Å²) in [5, 5.41) is 15.0. The van der Waals surface area contributed by atoms with Gasteiger partial charge < -0.3 is 10.6 Å². The average Bonchev–Trinajstić information content (AvgIpc) is 3.09. The third-order valence-corrected chi connectivity index (χ3v) is 5.62. The fourth-order valence-electron chi connectivity index (χ4n) is 2.34. The summed E-state index contributed by atoms with van der Waals surface area (Å²) < 4.78 is 13.6. The van der Waals surface area contributed by atoms with Crippen molar-refractivity contribution in [3.63, 3.8) is 0 Å². The standard InChI is InChI=1S/C19H19FN4OS2/c1-13-3-2-4-16(11-13)22-18-23-24-19(27-18)26-12-17(25)21-10-9-14-5-7-15(20)8-6-14/h2-8,11H,9-10,12H2,1H3,(H,21,25)(H,22,23). The monoisotopic (exact) mass is 402 g/mol. The Morgan fingerprint density at radius 3 is 2.78 bits per heavy atom. The quantitative estimate of drug-likeness (QED) is 0.553. The van der Waals surface area contributed by atoms with Gasteiger partial charge in [0.1, 0.15) is 5.82 Å². The van der Waals surface area contributed by atoms with Crippen LogP contribution in [0.4, 0.5) is 15.2 Å². The lowest BCUT2D eigenvalue weighted by Gasteiger charge is -2.04. The molecule has 2 aromatic carbocycles. The number of nitrogens with zero attached hydrogens (tertiary/aromatic N) is 2. The molecular formula is C19H19FN4OS2. The van der Waals surface area contributed by atoms with E-state index in [1.807, 2.05) is 31.2 Å². The van der Waals surface area contributed by atoms with E-state index in [9.17, 15) is 9.18 Å². The summed E-state index contributed by atoms with van der Waals surface area (Å²) in [5.41, 5.74) is 3.11. The Balaban J connectivity index is 1.40. The van der Waals surface area contributed by atoms with Crippen LogP contribution in [0.2, 0.25) is 0 Å². The zero-order chi connectivity index (χ0) is 19.1. The number of carbonyl (C=O) groups is 1. The third kappa shape index (κ3) is 6.33. The van der Waals surface area contributed by atoms with Crippen LogP contribution in [-0.2, 0) is 11.2 Å². The van der Waals surface area contributed by atoms with E-state index in [2.05, 4.69) is 20.8 Å². The number of benzene rings is 2. The van der Waals surface area contributed by atoms with E-state index in [1.165, 1.54) is 35.2 Å². The van der Waals surface area contributed by atoms with Crippen LogP contribution in [0.15, 0.2) is 52.9 Å². The van der Waals surface area contributed by atoms with Gasteiger partial charge in [-0.2, -0.15) is 0 Å². The molecule has 2 N–H and O–H groups in total. The van der Waals surface area contributed by atoms with Gasteiger partial charge in [-0.1, -0.05) is 47.4 Å². The van der Waals surface area contributed by atoms with Crippen LogP contribution in [0.1, 0.15) is 11.1 Å². The van der Waals surface area contributed by atoms with Gasteiger partial charge in [0.05, 0.1) is 5.75 Å². The first kappa shape index (κ1) is 19.3. The number of aromatic nitrogens is 2. The summed E-state index contributed by atoms with van der Waals surface area (Å²) in [7, 11) is 0. The van der Waals surface area contributed by atoms with Crippen LogP contribution in [0, 0.1) is 12.7 Å². The van der Waals surface area contributed by atoms with Crippen LogP contribution in [0.25, 0.3) is 0 Å². The smallest absolute Gasteiger partial charge is 0.230 e. The predicted octanol–water partition coefficient (Wildman–Crippen LogP) is 4.18. The Bertz CT molecular complexity index is 899. The molecule has 0 bridgehead atoms. The molecule has 27 heavy (non-hydrogen) atoms.